The minimum atomic E-state index is 0.182. The van der Waals surface area contributed by atoms with Gasteiger partial charge in [0.25, 0.3) is 0 Å². The average molecular weight is 275 g/mol. The summed E-state index contributed by atoms with van der Waals surface area (Å²) in [5, 5.41) is 1.03. The first kappa shape index (κ1) is 11.9. The molecule has 0 aromatic rings. The third kappa shape index (κ3) is 3.20. The Morgan fingerprint density at radius 2 is 1.93 bits per heavy atom. The summed E-state index contributed by atoms with van der Waals surface area (Å²) in [4.78, 5) is 0. The van der Waals surface area contributed by atoms with Crippen LogP contribution in [-0.2, 0) is 4.74 Å². The molecule has 0 spiro atoms. The summed E-state index contributed by atoms with van der Waals surface area (Å²) in [7, 11) is 0. The van der Waals surface area contributed by atoms with Gasteiger partial charge in [-0.3, -0.25) is 0 Å². The Hall–Kier alpha value is 0.440. The second kappa shape index (κ2) is 5.18. The number of halogens is 1. The van der Waals surface area contributed by atoms with Gasteiger partial charge < -0.3 is 4.74 Å². The first-order chi connectivity index (χ1) is 7.26. The molecule has 1 unspecified atom stereocenters. The number of hydrogen-bond acceptors (Lipinski definition) is 1. The van der Waals surface area contributed by atoms with Crippen molar-refractivity contribution in [3.05, 3.63) is 0 Å². The van der Waals surface area contributed by atoms with E-state index in [4.69, 9.17) is 4.74 Å². The number of rotatable bonds is 5. The predicted octanol–water partition coefficient (Wildman–Crippen LogP) is 4.15. The van der Waals surface area contributed by atoms with Crippen LogP contribution in [-0.4, -0.2) is 17.5 Å². The second-order valence-electron chi connectivity index (χ2n) is 5.50. The summed E-state index contributed by atoms with van der Waals surface area (Å²) in [6, 6.07) is 0. The first-order valence-electron chi connectivity index (χ1n) is 6.46. The van der Waals surface area contributed by atoms with Crippen LogP contribution < -0.4 is 0 Å². The van der Waals surface area contributed by atoms with E-state index in [1.165, 1.54) is 44.9 Å². The number of ether oxygens (including phenoxy) is 1. The molecule has 0 amide bonds. The summed E-state index contributed by atoms with van der Waals surface area (Å²) < 4.78 is 6.24. The van der Waals surface area contributed by atoms with Crippen molar-refractivity contribution in [2.45, 2.75) is 57.5 Å². The molecule has 1 nitrogen and oxygen atoms in total. The fourth-order valence-corrected chi connectivity index (χ4v) is 3.34. The van der Waals surface area contributed by atoms with Crippen molar-refractivity contribution in [3.8, 4) is 0 Å². The first-order valence-corrected chi connectivity index (χ1v) is 7.58. The van der Waals surface area contributed by atoms with Crippen LogP contribution in [0.1, 0.15) is 51.9 Å². The Bertz CT molecular complexity index is 195. The normalized spacial score (nSPS) is 27.6. The molecule has 2 saturated carbocycles. The van der Waals surface area contributed by atoms with Crippen molar-refractivity contribution >= 4 is 15.9 Å². The van der Waals surface area contributed by atoms with Crippen molar-refractivity contribution in [2.75, 3.05) is 11.9 Å². The van der Waals surface area contributed by atoms with Crippen LogP contribution in [0.15, 0.2) is 0 Å². The van der Waals surface area contributed by atoms with Gasteiger partial charge >= 0.3 is 0 Å². The highest BCUT2D eigenvalue weighted by molar-refractivity contribution is 9.09. The van der Waals surface area contributed by atoms with Gasteiger partial charge in [0.1, 0.15) is 0 Å². The highest BCUT2D eigenvalue weighted by Crippen LogP contribution is 2.39. The fraction of sp³-hybridized carbons (Fsp3) is 1.00. The van der Waals surface area contributed by atoms with Crippen LogP contribution in [0.25, 0.3) is 0 Å². The summed E-state index contributed by atoms with van der Waals surface area (Å²) in [5.41, 5.74) is 0.182. The maximum Gasteiger partial charge on any atom is 0.0779 e. The van der Waals surface area contributed by atoms with Gasteiger partial charge in [0.2, 0.25) is 0 Å². The lowest BCUT2D eigenvalue weighted by molar-refractivity contribution is -0.0662. The Balaban J connectivity index is 1.78. The Morgan fingerprint density at radius 3 is 2.47 bits per heavy atom. The van der Waals surface area contributed by atoms with Crippen molar-refractivity contribution < 1.29 is 4.74 Å². The lowest BCUT2D eigenvalue weighted by atomic mass is 9.86. The smallest absolute Gasteiger partial charge is 0.0779 e. The van der Waals surface area contributed by atoms with E-state index in [1.807, 2.05) is 0 Å². The van der Waals surface area contributed by atoms with Gasteiger partial charge in [0, 0.05) is 5.33 Å². The zero-order valence-corrected chi connectivity index (χ0v) is 11.4. The monoisotopic (exact) mass is 274 g/mol. The maximum absolute atomic E-state index is 6.24. The van der Waals surface area contributed by atoms with E-state index in [9.17, 15) is 0 Å². The quantitative estimate of drug-likeness (QED) is 0.685. The van der Waals surface area contributed by atoms with Gasteiger partial charge in [-0.05, 0) is 37.5 Å². The molecular formula is C13H23BrO. The van der Waals surface area contributed by atoms with Crippen LogP contribution in [0.2, 0.25) is 0 Å². The highest BCUT2D eigenvalue weighted by Gasteiger charge is 2.34. The molecule has 88 valence electrons. The Morgan fingerprint density at radius 1 is 1.27 bits per heavy atom. The summed E-state index contributed by atoms with van der Waals surface area (Å²) in [5.74, 6) is 1.75. The third-order valence-electron chi connectivity index (χ3n) is 4.09. The van der Waals surface area contributed by atoms with Gasteiger partial charge in [0.15, 0.2) is 0 Å². The van der Waals surface area contributed by atoms with Gasteiger partial charge in [0.05, 0.1) is 12.2 Å². The van der Waals surface area contributed by atoms with Crippen LogP contribution in [0.4, 0.5) is 0 Å². The lowest BCUT2D eigenvalue weighted by Gasteiger charge is -2.36. The minimum Gasteiger partial charge on any atom is -0.374 e. The van der Waals surface area contributed by atoms with Crippen molar-refractivity contribution in [3.63, 3.8) is 0 Å². The Labute approximate surface area is 102 Å². The maximum atomic E-state index is 6.24. The molecule has 2 fully saturated rings. The zero-order chi connectivity index (χ0) is 10.7. The summed E-state index contributed by atoms with van der Waals surface area (Å²) in [6.07, 6.45) is 9.49. The van der Waals surface area contributed by atoms with E-state index in [0.717, 1.165) is 23.8 Å². The van der Waals surface area contributed by atoms with Gasteiger partial charge in [-0.15, -0.1) is 0 Å². The zero-order valence-electron chi connectivity index (χ0n) is 9.80. The molecule has 0 N–H and O–H groups in total. The number of alkyl halides is 1. The highest BCUT2D eigenvalue weighted by atomic mass is 79.9. The molecule has 15 heavy (non-hydrogen) atoms. The van der Waals surface area contributed by atoms with Crippen LogP contribution in [0.3, 0.4) is 0 Å². The molecule has 2 heteroatoms. The molecule has 2 aliphatic rings. The van der Waals surface area contributed by atoms with Crippen LogP contribution in [0, 0.1) is 11.8 Å². The SMILES string of the molecule is CC(COC1(CBr)CCCCC1)C1CC1. The molecule has 0 aromatic heterocycles. The molecule has 0 radical (unpaired) electrons. The van der Waals surface area contributed by atoms with E-state index in [0.29, 0.717) is 0 Å². The molecule has 1 atom stereocenters. The molecule has 2 rings (SSSR count). The summed E-state index contributed by atoms with van der Waals surface area (Å²) in [6.45, 7) is 3.33. The third-order valence-corrected chi connectivity index (χ3v) is 5.11. The van der Waals surface area contributed by atoms with E-state index >= 15 is 0 Å². The number of hydrogen-bond donors (Lipinski definition) is 0. The summed E-state index contributed by atoms with van der Waals surface area (Å²) >= 11 is 3.65. The minimum absolute atomic E-state index is 0.182. The predicted molar refractivity (Wildman–Crippen MR) is 67.5 cm³/mol. The fourth-order valence-electron chi connectivity index (χ4n) is 2.62. The van der Waals surface area contributed by atoms with Crippen LogP contribution >= 0.6 is 15.9 Å². The van der Waals surface area contributed by atoms with E-state index < -0.39 is 0 Å². The molecule has 0 bridgehead atoms. The molecule has 0 heterocycles. The van der Waals surface area contributed by atoms with Gasteiger partial charge in [-0.1, -0.05) is 42.1 Å². The van der Waals surface area contributed by atoms with E-state index in [2.05, 4.69) is 22.9 Å². The van der Waals surface area contributed by atoms with E-state index in [-0.39, 0.29) is 5.60 Å². The largest absolute Gasteiger partial charge is 0.374 e. The van der Waals surface area contributed by atoms with Crippen molar-refractivity contribution in [1.29, 1.82) is 0 Å². The molecule has 0 saturated heterocycles. The Kier molecular flexibility index (Phi) is 4.11. The molecule has 0 aromatic carbocycles. The molecule has 2 aliphatic carbocycles. The van der Waals surface area contributed by atoms with Crippen LogP contribution in [0.5, 0.6) is 0 Å². The topological polar surface area (TPSA) is 9.23 Å². The standard InChI is InChI=1S/C13H23BrO/c1-11(12-5-6-12)9-15-13(10-14)7-3-2-4-8-13/h11-12H,2-10H2,1H3. The lowest BCUT2D eigenvalue weighted by Crippen LogP contribution is -2.38. The van der Waals surface area contributed by atoms with Gasteiger partial charge in [-0.25, -0.2) is 0 Å². The average Bonchev–Trinajstić information content (AvgIpc) is 3.11. The van der Waals surface area contributed by atoms with Crippen molar-refractivity contribution in [1.82, 2.24) is 0 Å². The van der Waals surface area contributed by atoms with E-state index in [1.54, 1.807) is 0 Å². The second-order valence-corrected chi connectivity index (χ2v) is 6.06. The molecule has 0 aliphatic heterocycles. The van der Waals surface area contributed by atoms with Gasteiger partial charge in [-0.2, -0.15) is 0 Å². The molecular weight excluding hydrogens is 252 g/mol. The van der Waals surface area contributed by atoms with Crippen molar-refractivity contribution in [2.24, 2.45) is 11.8 Å².